The Morgan fingerprint density at radius 2 is 1.16 bits per heavy atom. The Balaban J connectivity index is 1.34. The van der Waals surface area contributed by atoms with Crippen LogP contribution in [0.5, 0.6) is 0 Å². The van der Waals surface area contributed by atoms with Crippen molar-refractivity contribution in [1.82, 2.24) is 0 Å². The van der Waals surface area contributed by atoms with E-state index in [9.17, 15) is 0 Å². The lowest BCUT2D eigenvalue weighted by molar-refractivity contribution is 1.26. The molecule has 2 heteroatoms. The van der Waals surface area contributed by atoms with Gasteiger partial charge in [-0.05, 0) is 85.2 Å². The maximum Gasteiger partial charge on any atom is 0.138 e. The summed E-state index contributed by atoms with van der Waals surface area (Å²) in [5.41, 5.74) is 11.7. The van der Waals surface area contributed by atoms with Crippen LogP contribution < -0.4 is 20.5 Å². The third kappa shape index (κ3) is 4.29. The fraction of sp³-hybridized carbons (Fsp3) is 0.0233. The molecule has 0 saturated heterocycles. The summed E-state index contributed by atoms with van der Waals surface area (Å²) in [4.78, 5) is 2.54. The lowest BCUT2D eigenvalue weighted by Gasteiger charge is -2.40. The van der Waals surface area contributed by atoms with E-state index >= 15 is 0 Å². The first-order valence-electron chi connectivity index (χ1n) is 15.8. The van der Waals surface area contributed by atoms with Crippen molar-refractivity contribution >= 4 is 58.3 Å². The summed E-state index contributed by atoms with van der Waals surface area (Å²) in [6.07, 6.45) is 5.63. The van der Waals surface area contributed by atoms with Crippen molar-refractivity contribution in [2.45, 2.75) is 6.42 Å². The van der Waals surface area contributed by atoms with E-state index in [1.54, 1.807) is 5.19 Å². The highest BCUT2D eigenvalue weighted by molar-refractivity contribution is 6.98. The van der Waals surface area contributed by atoms with E-state index in [1.165, 1.54) is 71.6 Å². The van der Waals surface area contributed by atoms with Crippen LogP contribution in [0.25, 0.3) is 39.1 Å². The smallest absolute Gasteiger partial charge is 0.138 e. The summed E-state index contributed by atoms with van der Waals surface area (Å²) < 4.78 is 0. The summed E-state index contributed by atoms with van der Waals surface area (Å²) in [6, 6.07) is 58.4. The summed E-state index contributed by atoms with van der Waals surface area (Å²) in [5, 5.41) is 7.24. The van der Waals surface area contributed by atoms with Crippen molar-refractivity contribution in [2.75, 3.05) is 4.90 Å². The summed E-state index contributed by atoms with van der Waals surface area (Å²) in [7, 11) is -1.88. The zero-order chi connectivity index (χ0) is 29.7. The minimum Gasteiger partial charge on any atom is -0.311 e. The standard InChI is InChI=1S/C43H31NSi/c1-4-12-30(13-5-1)32-22-25-36(26-23-32)44-39-27-24-34(31-14-6-2-7-15-31)29-41(39)45(37-19-8-3-9-20-37)43-38-21-11-17-33-16-10-18-35(42(33)38)28-40(43)44/h1-20,22-29,45H,21H2. The van der Waals surface area contributed by atoms with Crippen LogP contribution in [0, 0.1) is 0 Å². The maximum atomic E-state index is 2.54. The molecule has 0 aromatic heterocycles. The number of hydrogen-bond donors (Lipinski definition) is 0. The molecule has 1 unspecified atom stereocenters. The van der Waals surface area contributed by atoms with Crippen LogP contribution in [0.15, 0.2) is 164 Å². The first-order chi connectivity index (χ1) is 22.3. The average molecular weight is 590 g/mol. The van der Waals surface area contributed by atoms with E-state index in [1.807, 2.05) is 0 Å². The number of allylic oxidation sites excluding steroid dienone is 1. The Morgan fingerprint density at radius 3 is 1.89 bits per heavy atom. The molecule has 0 radical (unpaired) electrons. The largest absolute Gasteiger partial charge is 0.311 e. The highest BCUT2D eigenvalue weighted by atomic mass is 28.3. The molecule has 1 aliphatic carbocycles. The van der Waals surface area contributed by atoms with Gasteiger partial charge in [-0.3, -0.25) is 0 Å². The summed E-state index contributed by atoms with van der Waals surface area (Å²) in [6.45, 7) is 0. The van der Waals surface area contributed by atoms with Crippen LogP contribution in [0.3, 0.4) is 0 Å². The second-order valence-electron chi connectivity index (χ2n) is 12.1. The number of anilines is 3. The molecule has 7 aromatic rings. The zero-order valence-corrected chi connectivity index (χ0v) is 26.1. The van der Waals surface area contributed by atoms with Crippen molar-refractivity contribution in [1.29, 1.82) is 0 Å². The van der Waals surface area contributed by atoms with Crippen LogP contribution >= 0.6 is 0 Å². The van der Waals surface area contributed by atoms with Crippen LogP contribution in [0.1, 0.15) is 11.1 Å². The van der Waals surface area contributed by atoms with E-state index in [0.717, 1.165) is 6.42 Å². The van der Waals surface area contributed by atoms with Gasteiger partial charge in [-0.15, -0.1) is 0 Å². The highest BCUT2D eigenvalue weighted by Crippen LogP contribution is 2.42. The topological polar surface area (TPSA) is 3.24 Å². The van der Waals surface area contributed by atoms with E-state index in [0.29, 0.717) is 0 Å². The number of hydrogen-bond acceptors (Lipinski definition) is 1. The predicted molar refractivity (Wildman–Crippen MR) is 195 cm³/mol. The highest BCUT2D eigenvalue weighted by Gasteiger charge is 2.37. The van der Waals surface area contributed by atoms with Crippen LogP contribution in [-0.4, -0.2) is 8.80 Å². The van der Waals surface area contributed by atoms with Gasteiger partial charge in [-0.25, -0.2) is 0 Å². The lowest BCUT2D eigenvalue weighted by atomic mass is 9.91. The molecule has 0 amide bonds. The molecule has 0 fully saturated rings. The quantitative estimate of drug-likeness (QED) is 0.186. The molecule has 1 heterocycles. The first kappa shape index (κ1) is 26.0. The summed E-state index contributed by atoms with van der Waals surface area (Å²) in [5.74, 6) is 0. The van der Waals surface area contributed by atoms with Crippen LogP contribution in [0.4, 0.5) is 17.1 Å². The number of nitrogens with zero attached hydrogens (tertiary/aromatic N) is 1. The molecule has 0 spiro atoms. The molecular formula is C43H31NSi. The van der Waals surface area contributed by atoms with Gasteiger partial charge >= 0.3 is 0 Å². The molecule has 0 N–H and O–H groups in total. The van der Waals surface area contributed by atoms with Crippen molar-refractivity contribution < 1.29 is 0 Å². The van der Waals surface area contributed by atoms with Crippen LogP contribution in [0.2, 0.25) is 0 Å². The molecule has 0 bridgehead atoms. The number of rotatable bonds is 4. The van der Waals surface area contributed by atoms with E-state index < -0.39 is 8.80 Å². The minimum absolute atomic E-state index is 0.960. The van der Waals surface area contributed by atoms with Crippen molar-refractivity contribution in [3.63, 3.8) is 0 Å². The first-order valence-corrected chi connectivity index (χ1v) is 17.5. The van der Waals surface area contributed by atoms with Crippen molar-refractivity contribution in [3.05, 3.63) is 175 Å². The van der Waals surface area contributed by atoms with Gasteiger partial charge in [0.2, 0.25) is 0 Å². The normalized spacial score (nSPS) is 14.7. The Hall–Kier alpha value is -5.44. The average Bonchev–Trinajstić information content (AvgIpc) is 3.12. The van der Waals surface area contributed by atoms with Gasteiger partial charge < -0.3 is 4.90 Å². The van der Waals surface area contributed by atoms with Gasteiger partial charge in [-0.2, -0.15) is 0 Å². The molecule has 45 heavy (non-hydrogen) atoms. The summed E-state index contributed by atoms with van der Waals surface area (Å²) >= 11 is 0. The van der Waals surface area contributed by atoms with Gasteiger partial charge in [-0.1, -0.05) is 151 Å². The Kier molecular flexibility index (Phi) is 6.14. The van der Waals surface area contributed by atoms with Gasteiger partial charge in [0.25, 0.3) is 0 Å². The van der Waals surface area contributed by atoms with E-state index in [-0.39, 0.29) is 0 Å². The molecule has 2 aliphatic rings. The number of benzene rings is 7. The monoisotopic (exact) mass is 589 g/mol. The minimum atomic E-state index is -1.88. The molecule has 0 saturated carbocycles. The Labute approximate surface area is 266 Å². The second kappa shape index (κ2) is 10.6. The van der Waals surface area contributed by atoms with Gasteiger partial charge in [0, 0.05) is 17.1 Å². The Morgan fingerprint density at radius 1 is 0.511 bits per heavy atom. The van der Waals surface area contributed by atoms with Gasteiger partial charge in [0.15, 0.2) is 0 Å². The molecule has 1 nitrogen and oxygen atoms in total. The van der Waals surface area contributed by atoms with Gasteiger partial charge in [0.05, 0.1) is 0 Å². The fourth-order valence-corrected chi connectivity index (χ4v) is 11.1. The van der Waals surface area contributed by atoms with Gasteiger partial charge in [0.1, 0.15) is 8.80 Å². The Bertz CT molecular complexity index is 2220. The SMILES string of the molecule is C1=Cc2cccc3cc4c(c(c23)C1)[SiH](c1ccccc1)c1cc(-c2ccccc2)ccc1N4c1ccc(-c2ccccc2)cc1. The molecule has 1 aliphatic heterocycles. The predicted octanol–water partition coefficient (Wildman–Crippen LogP) is 8.77. The van der Waals surface area contributed by atoms with Crippen LogP contribution in [-0.2, 0) is 6.42 Å². The molecule has 9 rings (SSSR count). The third-order valence-electron chi connectivity index (χ3n) is 9.53. The molecule has 212 valence electrons. The molecule has 7 aromatic carbocycles. The second-order valence-corrected chi connectivity index (χ2v) is 14.8. The lowest BCUT2D eigenvalue weighted by Crippen LogP contribution is -2.58. The fourth-order valence-electron chi connectivity index (χ4n) is 7.52. The van der Waals surface area contributed by atoms with E-state index in [4.69, 9.17) is 0 Å². The molecular weight excluding hydrogens is 559 g/mol. The van der Waals surface area contributed by atoms with E-state index in [2.05, 4.69) is 175 Å². The number of fused-ring (bicyclic) bond motifs is 3. The third-order valence-corrected chi connectivity index (χ3v) is 12.9. The van der Waals surface area contributed by atoms with Crippen molar-refractivity contribution in [3.8, 4) is 22.3 Å². The molecule has 1 atom stereocenters. The zero-order valence-electron chi connectivity index (χ0n) is 24.9. The van der Waals surface area contributed by atoms with Crippen molar-refractivity contribution in [2.24, 2.45) is 0 Å². The maximum absolute atomic E-state index is 2.54.